The molecule has 3 aliphatic carbocycles. The van der Waals surface area contributed by atoms with E-state index in [1.807, 2.05) is 24.3 Å². The Morgan fingerprint density at radius 2 is 1.85 bits per heavy atom. The second-order valence-corrected chi connectivity index (χ2v) is 6.85. The number of hydrogen-bond acceptors (Lipinski definition) is 2. The van der Waals surface area contributed by atoms with Gasteiger partial charge in [0, 0.05) is 11.5 Å². The van der Waals surface area contributed by atoms with Gasteiger partial charge in [0.25, 0.3) is 0 Å². The number of para-hydroxylation sites is 1. The third-order valence-corrected chi connectivity index (χ3v) is 5.71. The minimum atomic E-state index is 0.167. The molecule has 3 nitrogen and oxygen atoms in total. The van der Waals surface area contributed by atoms with Crippen LogP contribution in [0.15, 0.2) is 24.3 Å². The van der Waals surface area contributed by atoms with Crippen LogP contribution in [-0.4, -0.2) is 10.9 Å². The summed E-state index contributed by atoms with van der Waals surface area (Å²) in [5.41, 5.74) is 7.21. The Labute approximate surface area is 123 Å². The first-order valence-corrected chi connectivity index (χ1v) is 7.77. The molecule has 0 heterocycles. The van der Waals surface area contributed by atoms with Crippen LogP contribution < -0.4 is 11.1 Å². The van der Waals surface area contributed by atoms with Crippen LogP contribution in [0.5, 0.6) is 0 Å². The molecule has 3 saturated carbocycles. The lowest BCUT2D eigenvalue weighted by Crippen LogP contribution is -2.21. The molecule has 1 aromatic carbocycles. The highest BCUT2D eigenvalue weighted by Gasteiger charge is 2.67. The molecule has 4 rings (SSSR count). The summed E-state index contributed by atoms with van der Waals surface area (Å²) in [5, 5.41) is 3.04. The van der Waals surface area contributed by atoms with Crippen LogP contribution in [0.4, 0.5) is 5.69 Å². The first-order valence-electron chi connectivity index (χ1n) is 7.36. The first-order chi connectivity index (χ1) is 9.66. The summed E-state index contributed by atoms with van der Waals surface area (Å²) >= 11 is 5.04. The molecule has 1 aromatic rings. The molecule has 104 valence electrons. The topological polar surface area (TPSA) is 55.1 Å². The maximum atomic E-state index is 12.5. The summed E-state index contributed by atoms with van der Waals surface area (Å²) in [5.74, 6) is 3.34. The fraction of sp³-hybridized carbons (Fsp3) is 0.500. The van der Waals surface area contributed by atoms with Crippen LogP contribution in [0.1, 0.15) is 24.8 Å². The van der Waals surface area contributed by atoms with E-state index in [1.165, 1.54) is 19.3 Å². The minimum Gasteiger partial charge on any atom is -0.389 e. The molecule has 3 fully saturated rings. The summed E-state index contributed by atoms with van der Waals surface area (Å²) in [4.78, 5) is 12.8. The maximum Gasteiger partial charge on any atom is 0.228 e. The lowest BCUT2D eigenvalue weighted by Gasteiger charge is -2.12. The first kappa shape index (κ1) is 12.3. The van der Waals surface area contributed by atoms with Crippen molar-refractivity contribution >= 4 is 28.8 Å². The van der Waals surface area contributed by atoms with Crippen molar-refractivity contribution in [3.05, 3.63) is 29.8 Å². The van der Waals surface area contributed by atoms with Crippen molar-refractivity contribution in [2.45, 2.75) is 19.3 Å². The second-order valence-electron chi connectivity index (χ2n) is 6.41. The quantitative estimate of drug-likeness (QED) is 0.840. The van der Waals surface area contributed by atoms with Crippen molar-refractivity contribution in [1.82, 2.24) is 0 Å². The normalized spacial score (nSPS) is 36.5. The van der Waals surface area contributed by atoms with E-state index in [9.17, 15) is 4.79 Å². The van der Waals surface area contributed by atoms with Crippen LogP contribution in [0.25, 0.3) is 0 Å². The molecule has 0 aromatic heterocycles. The lowest BCUT2D eigenvalue weighted by atomic mass is 10.0. The average Bonchev–Trinajstić information content (AvgIpc) is 2.88. The molecule has 0 aliphatic heterocycles. The van der Waals surface area contributed by atoms with Gasteiger partial charge in [0.2, 0.25) is 5.91 Å². The molecular formula is C16H18N2OS. The van der Waals surface area contributed by atoms with Gasteiger partial charge in [0.05, 0.1) is 5.69 Å². The number of carbonyl (C=O) groups excluding carboxylic acids is 1. The van der Waals surface area contributed by atoms with Crippen LogP contribution >= 0.6 is 12.2 Å². The highest BCUT2D eigenvalue weighted by atomic mass is 32.1. The molecule has 20 heavy (non-hydrogen) atoms. The van der Waals surface area contributed by atoms with Crippen molar-refractivity contribution in [3.8, 4) is 0 Å². The van der Waals surface area contributed by atoms with Crippen LogP contribution in [-0.2, 0) is 4.79 Å². The van der Waals surface area contributed by atoms with Crippen molar-refractivity contribution in [2.24, 2.45) is 35.3 Å². The number of carbonyl (C=O) groups is 1. The predicted octanol–water partition coefficient (Wildman–Crippen LogP) is 2.55. The van der Waals surface area contributed by atoms with Gasteiger partial charge in [-0.2, -0.15) is 0 Å². The molecule has 0 saturated heterocycles. The summed E-state index contributed by atoms with van der Waals surface area (Å²) in [6.07, 6.45) is 4.03. The largest absolute Gasteiger partial charge is 0.389 e. The Balaban J connectivity index is 1.51. The Kier molecular flexibility index (Phi) is 2.64. The Morgan fingerprint density at radius 1 is 1.20 bits per heavy atom. The second kappa shape index (κ2) is 4.29. The average molecular weight is 286 g/mol. The number of hydrogen-bond donors (Lipinski definition) is 2. The van der Waals surface area contributed by atoms with Crippen molar-refractivity contribution in [2.75, 3.05) is 5.32 Å². The van der Waals surface area contributed by atoms with E-state index < -0.39 is 0 Å². The lowest BCUT2D eigenvalue weighted by molar-refractivity contribution is -0.118. The predicted molar refractivity (Wildman–Crippen MR) is 82.3 cm³/mol. The summed E-state index contributed by atoms with van der Waals surface area (Å²) in [7, 11) is 0. The van der Waals surface area contributed by atoms with Crippen LogP contribution in [0.2, 0.25) is 0 Å². The smallest absolute Gasteiger partial charge is 0.228 e. The Morgan fingerprint density at radius 3 is 2.50 bits per heavy atom. The van der Waals surface area contributed by atoms with Gasteiger partial charge in [0.1, 0.15) is 4.99 Å². The molecule has 1 amide bonds. The molecule has 0 spiro atoms. The Bertz CT molecular complexity index is 584. The molecular weight excluding hydrogens is 268 g/mol. The third kappa shape index (κ3) is 1.71. The van der Waals surface area contributed by atoms with Gasteiger partial charge in [-0.15, -0.1) is 0 Å². The van der Waals surface area contributed by atoms with E-state index in [4.69, 9.17) is 18.0 Å². The van der Waals surface area contributed by atoms with Crippen molar-refractivity contribution in [1.29, 1.82) is 0 Å². The number of fused-ring (bicyclic) bond motifs is 5. The van der Waals surface area contributed by atoms with E-state index in [2.05, 4.69) is 5.32 Å². The molecule has 4 heteroatoms. The zero-order valence-corrected chi connectivity index (χ0v) is 12.0. The van der Waals surface area contributed by atoms with E-state index in [0.29, 0.717) is 16.8 Å². The zero-order chi connectivity index (χ0) is 13.9. The highest BCUT2D eigenvalue weighted by molar-refractivity contribution is 7.80. The summed E-state index contributed by atoms with van der Waals surface area (Å²) in [6, 6.07) is 7.51. The number of thiocarbonyl (C=S) groups is 1. The van der Waals surface area contributed by atoms with Crippen molar-refractivity contribution in [3.63, 3.8) is 0 Å². The van der Waals surface area contributed by atoms with E-state index >= 15 is 0 Å². The van der Waals surface area contributed by atoms with Gasteiger partial charge in [-0.05, 0) is 55.1 Å². The van der Waals surface area contributed by atoms with Gasteiger partial charge in [0.15, 0.2) is 0 Å². The van der Waals surface area contributed by atoms with Gasteiger partial charge in [-0.25, -0.2) is 0 Å². The van der Waals surface area contributed by atoms with Crippen LogP contribution in [0, 0.1) is 29.6 Å². The molecule has 0 radical (unpaired) electrons. The molecule has 3 N–H and O–H groups in total. The number of benzene rings is 1. The van der Waals surface area contributed by atoms with Crippen molar-refractivity contribution < 1.29 is 4.79 Å². The third-order valence-electron chi connectivity index (χ3n) is 5.49. The Hall–Kier alpha value is -1.42. The maximum absolute atomic E-state index is 12.5. The van der Waals surface area contributed by atoms with Crippen LogP contribution in [0.3, 0.4) is 0 Å². The number of nitrogens with two attached hydrogens (primary N) is 1. The molecule has 4 unspecified atom stereocenters. The zero-order valence-electron chi connectivity index (χ0n) is 11.2. The summed E-state index contributed by atoms with van der Waals surface area (Å²) < 4.78 is 0. The monoisotopic (exact) mass is 286 g/mol. The number of amides is 1. The summed E-state index contributed by atoms with van der Waals surface area (Å²) in [6.45, 7) is 0. The van der Waals surface area contributed by atoms with Gasteiger partial charge >= 0.3 is 0 Å². The fourth-order valence-corrected chi connectivity index (χ4v) is 4.88. The number of rotatable bonds is 3. The standard InChI is InChI=1S/C16H18N2OS/c17-15(20)10-3-1-2-4-11(10)18-16(19)14-12-8-5-6-9(7-8)13(12)14/h1-4,8-9,12-14H,5-7H2,(H2,17,20)(H,18,19). The van der Waals surface area contributed by atoms with Gasteiger partial charge < -0.3 is 11.1 Å². The van der Waals surface area contributed by atoms with Gasteiger partial charge in [-0.1, -0.05) is 24.4 Å². The molecule has 3 aliphatic rings. The number of nitrogens with one attached hydrogen (secondary N) is 1. The van der Waals surface area contributed by atoms with Gasteiger partial charge in [-0.3, -0.25) is 4.79 Å². The SMILES string of the molecule is NC(=S)c1ccccc1NC(=O)C1C2C3CCC(C3)C12. The van der Waals surface area contributed by atoms with E-state index in [-0.39, 0.29) is 11.8 Å². The van der Waals surface area contributed by atoms with E-state index in [0.717, 1.165) is 23.1 Å². The number of anilines is 1. The van der Waals surface area contributed by atoms with E-state index in [1.54, 1.807) is 0 Å². The highest BCUT2D eigenvalue weighted by Crippen LogP contribution is 2.69. The fourth-order valence-electron chi connectivity index (χ4n) is 4.70. The molecule has 2 bridgehead atoms. The molecule has 4 atom stereocenters. The minimum absolute atomic E-state index is 0.167.